The average Bonchev–Trinajstić information content (AvgIpc) is 3.40. The Morgan fingerprint density at radius 2 is 1.94 bits per heavy atom. The number of nitrogens with one attached hydrogen (secondary N) is 1. The Morgan fingerprint density at radius 1 is 1.10 bits per heavy atom. The van der Waals surface area contributed by atoms with Crippen LogP contribution in [0.4, 0.5) is 5.82 Å². The lowest BCUT2D eigenvalue weighted by Gasteiger charge is -2.20. The van der Waals surface area contributed by atoms with Crippen LogP contribution in [-0.4, -0.2) is 39.9 Å². The molecule has 0 spiro atoms. The molecule has 31 heavy (non-hydrogen) atoms. The standard InChI is InChI=1S/C26H26N4O/c1-17-8-11-22-23(14-17)29-24(15-27-22)28-20-12-13-30(16-20)26(31)25-18(2)9-10-21(25)19-6-4-3-5-7-19/h3-8,10-11,14-15,20H,9,12-13,16H2,1-2H3,(H,28,29)/t20-/m1/s1. The van der Waals surface area contributed by atoms with Gasteiger partial charge in [-0.05, 0) is 55.5 Å². The van der Waals surface area contributed by atoms with Crippen molar-refractivity contribution >= 4 is 28.3 Å². The van der Waals surface area contributed by atoms with Gasteiger partial charge in [0.05, 0.1) is 17.2 Å². The zero-order chi connectivity index (χ0) is 21.4. The van der Waals surface area contributed by atoms with Gasteiger partial charge in [-0.1, -0.05) is 48.0 Å². The number of rotatable bonds is 4. The second-order valence-electron chi connectivity index (χ2n) is 8.47. The number of benzene rings is 2. The van der Waals surface area contributed by atoms with E-state index in [1.165, 1.54) is 5.56 Å². The number of nitrogens with zero attached hydrogens (tertiary/aromatic N) is 3. The van der Waals surface area contributed by atoms with Crippen LogP contribution in [0.25, 0.3) is 16.6 Å². The van der Waals surface area contributed by atoms with E-state index in [0.717, 1.165) is 58.5 Å². The predicted molar refractivity (Wildman–Crippen MR) is 125 cm³/mol. The number of aromatic nitrogens is 2. The molecule has 0 bridgehead atoms. The van der Waals surface area contributed by atoms with E-state index in [0.29, 0.717) is 6.54 Å². The fourth-order valence-corrected chi connectivity index (χ4v) is 4.49. The molecule has 5 heteroatoms. The molecule has 1 aliphatic heterocycles. The van der Waals surface area contributed by atoms with Gasteiger partial charge in [-0.2, -0.15) is 0 Å². The topological polar surface area (TPSA) is 58.1 Å². The number of likely N-dealkylation sites (tertiary alicyclic amines) is 1. The van der Waals surface area contributed by atoms with Crippen LogP contribution in [0.3, 0.4) is 0 Å². The van der Waals surface area contributed by atoms with Crippen LogP contribution in [-0.2, 0) is 4.79 Å². The summed E-state index contributed by atoms with van der Waals surface area (Å²) in [7, 11) is 0. The number of amides is 1. The highest BCUT2D eigenvalue weighted by atomic mass is 16.2. The summed E-state index contributed by atoms with van der Waals surface area (Å²) in [6.07, 6.45) is 5.70. The van der Waals surface area contributed by atoms with Gasteiger partial charge < -0.3 is 10.2 Å². The maximum absolute atomic E-state index is 13.4. The summed E-state index contributed by atoms with van der Waals surface area (Å²) >= 11 is 0. The number of allylic oxidation sites excluding steroid dienone is 2. The van der Waals surface area contributed by atoms with E-state index in [9.17, 15) is 4.79 Å². The molecule has 5 nitrogen and oxygen atoms in total. The Morgan fingerprint density at radius 3 is 2.77 bits per heavy atom. The normalized spacial score (nSPS) is 18.6. The minimum Gasteiger partial charge on any atom is -0.364 e. The van der Waals surface area contributed by atoms with Gasteiger partial charge in [-0.3, -0.25) is 9.78 Å². The Balaban J connectivity index is 1.30. The van der Waals surface area contributed by atoms with Gasteiger partial charge >= 0.3 is 0 Å². The summed E-state index contributed by atoms with van der Waals surface area (Å²) < 4.78 is 0. The summed E-state index contributed by atoms with van der Waals surface area (Å²) in [5.74, 6) is 0.896. The van der Waals surface area contributed by atoms with Gasteiger partial charge in [0.1, 0.15) is 5.82 Å². The lowest BCUT2D eigenvalue weighted by molar-refractivity contribution is -0.125. The monoisotopic (exact) mass is 410 g/mol. The van der Waals surface area contributed by atoms with Gasteiger partial charge in [0.2, 0.25) is 0 Å². The van der Waals surface area contributed by atoms with Gasteiger partial charge in [0.25, 0.3) is 5.91 Å². The molecular weight excluding hydrogens is 384 g/mol. The summed E-state index contributed by atoms with van der Waals surface area (Å²) in [5.41, 5.74) is 7.14. The summed E-state index contributed by atoms with van der Waals surface area (Å²) in [6.45, 7) is 5.54. The quantitative estimate of drug-likeness (QED) is 0.674. The predicted octanol–water partition coefficient (Wildman–Crippen LogP) is 4.75. The number of hydrogen-bond acceptors (Lipinski definition) is 4. The molecule has 0 radical (unpaired) electrons. The van der Waals surface area contributed by atoms with Crippen molar-refractivity contribution in [3.63, 3.8) is 0 Å². The van der Waals surface area contributed by atoms with E-state index < -0.39 is 0 Å². The molecule has 2 aromatic carbocycles. The fourth-order valence-electron chi connectivity index (χ4n) is 4.49. The highest BCUT2D eigenvalue weighted by molar-refractivity contribution is 6.11. The van der Waals surface area contributed by atoms with E-state index in [4.69, 9.17) is 4.98 Å². The first-order valence-corrected chi connectivity index (χ1v) is 10.8. The van der Waals surface area contributed by atoms with Crippen molar-refractivity contribution < 1.29 is 4.79 Å². The van der Waals surface area contributed by atoms with E-state index in [1.807, 2.05) is 41.3 Å². The Labute approximate surface area is 182 Å². The first-order valence-electron chi connectivity index (χ1n) is 10.8. The molecule has 3 aromatic rings. The third-order valence-corrected chi connectivity index (χ3v) is 6.13. The molecule has 0 unspecified atom stereocenters. The van der Waals surface area contributed by atoms with Gasteiger partial charge in [-0.25, -0.2) is 4.98 Å². The minimum absolute atomic E-state index is 0.134. The molecule has 0 saturated carbocycles. The summed E-state index contributed by atoms with van der Waals surface area (Å²) in [5, 5.41) is 3.48. The van der Waals surface area contributed by atoms with E-state index in [-0.39, 0.29) is 11.9 Å². The molecule has 1 aromatic heterocycles. The van der Waals surface area contributed by atoms with Crippen molar-refractivity contribution in [3.8, 4) is 0 Å². The van der Waals surface area contributed by atoms with E-state index >= 15 is 0 Å². The molecule has 2 aliphatic rings. The molecule has 156 valence electrons. The molecule has 1 aliphatic carbocycles. The summed E-state index contributed by atoms with van der Waals surface area (Å²) in [6, 6.07) is 16.5. The second kappa shape index (κ2) is 7.99. The van der Waals surface area contributed by atoms with Crippen LogP contribution < -0.4 is 5.32 Å². The fraction of sp³-hybridized carbons (Fsp3) is 0.269. The highest BCUT2D eigenvalue weighted by Gasteiger charge is 2.32. The third kappa shape index (κ3) is 3.83. The largest absolute Gasteiger partial charge is 0.364 e. The first-order chi connectivity index (χ1) is 15.1. The van der Waals surface area contributed by atoms with Crippen molar-refractivity contribution in [1.82, 2.24) is 14.9 Å². The minimum atomic E-state index is 0.134. The number of fused-ring (bicyclic) bond motifs is 1. The van der Waals surface area contributed by atoms with E-state index in [1.54, 1.807) is 6.20 Å². The summed E-state index contributed by atoms with van der Waals surface area (Å²) in [4.78, 5) is 24.6. The number of hydrogen-bond donors (Lipinski definition) is 1. The van der Waals surface area contributed by atoms with Crippen LogP contribution in [0.15, 0.2) is 72.0 Å². The highest BCUT2D eigenvalue weighted by Crippen LogP contribution is 2.35. The number of carbonyl (C=O) groups is 1. The SMILES string of the molecule is CC1=C(C(=O)N2CC[C@@H](Nc3cnc4ccc(C)cc4n3)C2)C(c2ccccc2)=CC1. The molecule has 1 saturated heterocycles. The number of carbonyl (C=O) groups excluding carboxylic acids is 1. The van der Waals surface area contributed by atoms with Crippen molar-refractivity contribution in [2.75, 3.05) is 18.4 Å². The molecule has 1 fully saturated rings. The van der Waals surface area contributed by atoms with Crippen molar-refractivity contribution in [3.05, 3.63) is 83.1 Å². The molecule has 1 amide bonds. The zero-order valence-electron chi connectivity index (χ0n) is 17.9. The maximum Gasteiger partial charge on any atom is 0.254 e. The number of aryl methyl sites for hydroxylation is 1. The molecule has 5 rings (SSSR count). The first kappa shape index (κ1) is 19.5. The lowest BCUT2D eigenvalue weighted by Crippen LogP contribution is -2.33. The lowest BCUT2D eigenvalue weighted by atomic mass is 9.98. The Hall–Kier alpha value is -3.47. The maximum atomic E-state index is 13.4. The Kier molecular flexibility index (Phi) is 5.02. The van der Waals surface area contributed by atoms with Crippen molar-refractivity contribution in [2.45, 2.75) is 32.7 Å². The molecule has 1 atom stereocenters. The number of anilines is 1. The van der Waals surface area contributed by atoms with Crippen LogP contribution in [0, 0.1) is 6.92 Å². The van der Waals surface area contributed by atoms with Crippen LogP contribution in [0.2, 0.25) is 0 Å². The van der Waals surface area contributed by atoms with Gasteiger partial charge in [0, 0.05) is 24.7 Å². The van der Waals surface area contributed by atoms with Crippen LogP contribution in [0.1, 0.15) is 30.9 Å². The van der Waals surface area contributed by atoms with Crippen molar-refractivity contribution in [2.24, 2.45) is 0 Å². The van der Waals surface area contributed by atoms with Gasteiger partial charge in [0.15, 0.2) is 0 Å². The second-order valence-corrected chi connectivity index (χ2v) is 8.47. The molecule has 1 N–H and O–H groups in total. The molecular formula is C26H26N4O. The van der Waals surface area contributed by atoms with Gasteiger partial charge in [-0.15, -0.1) is 0 Å². The van der Waals surface area contributed by atoms with Crippen molar-refractivity contribution in [1.29, 1.82) is 0 Å². The third-order valence-electron chi connectivity index (χ3n) is 6.13. The zero-order valence-corrected chi connectivity index (χ0v) is 17.9. The Bertz CT molecular complexity index is 1210. The van der Waals surface area contributed by atoms with E-state index in [2.05, 4.69) is 42.4 Å². The molecule has 2 heterocycles. The smallest absolute Gasteiger partial charge is 0.254 e. The van der Waals surface area contributed by atoms with Crippen LogP contribution in [0.5, 0.6) is 0 Å². The van der Waals surface area contributed by atoms with Crippen LogP contribution >= 0.6 is 0 Å². The average molecular weight is 411 g/mol.